The lowest BCUT2D eigenvalue weighted by Gasteiger charge is -2.15. The van der Waals surface area contributed by atoms with Crippen molar-refractivity contribution in [3.05, 3.63) is 59.2 Å². The molecule has 0 spiro atoms. The molecule has 0 saturated heterocycles. The third kappa shape index (κ3) is 3.59. The van der Waals surface area contributed by atoms with Gasteiger partial charge in [0.25, 0.3) is 0 Å². The van der Waals surface area contributed by atoms with Gasteiger partial charge >= 0.3 is 0 Å². The van der Waals surface area contributed by atoms with Crippen molar-refractivity contribution in [3.8, 4) is 17.6 Å². The van der Waals surface area contributed by atoms with Crippen LogP contribution in [-0.2, 0) is 0 Å². The molecule has 22 heavy (non-hydrogen) atoms. The normalized spacial score (nSPS) is 11.5. The number of hydrogen-bond donors (Lipinski definition) is 0. The molecule has 2 rings (SSSR count). The molecule has 0 amide bonds. The molecule has 114 valence electrons. The first-order valence-electron chi connectivity index (χ1n) is 7.39. The average Bonchev–Trinajstić information content (AvgIpc) is 2.55. The van der Waals surface area contributed by atoms with Gasteiger partial charge in [-0.15, -0.1) is 0 Å². The molecule has 0 radical (unpaired) electrons. The second-order valence-electron chi connectivity index (χ2n) is 5.26. The van der Waals surface area contributed by atoms with Crippen LogP contribution in [0.15, 0.2) is 42.5 Å². The van der Waals surface area contributed by atoms with Crippen LogP contribution in [0.5, 0.6) is 11.5 Å². The molecule has 0 aliphatic carbocycles. The Kier molecular flexibility index (Phi) is 5.43. The Hall–Kier alpha value is -2.47. The van der Waals surface area contributed by atoms with Crippen molar-refractivity contribution in [1.29, 1.82) is 5.26 Å². The van der Waals surface area contributed by atoms with E-state index >= 15 is 0 Å². The van der Waals surface area contributed by atoms with Crippen LogP contribution < -0.4 is 9.47 Å². The number of para-hydroxylation sites is 1. The van der Waals surface area contributed by atoms with Crippen LogP contribution >= 0.6 is 0 Å². The van der Waals surface area contributed by atoms with Gasteiger partial charge in [-0.2, -0.15) is 5.26 Å². The maximum Gasteiger partial charge on any atom is 0.123 e. The van der Waals surface area contributed by atoms with E-state index in [2.05, 4.69) is 19.1 Å². The number of rotatable bonds is 6. The number of benzene rings is 2. The Morgan fingerprint density at radius 1 is 1.05 bits per heavy atom. The van der Waals surface area contributed by atoms with Gasteiger partial charge in [-0.05, 0) is 37.1 Å². The molecule has 0 saturated carbocycles. The molecule has 0 aliphatic rings. The van der Waals surface area contributed by atoms with E-state index in [-0.39, 0.29) is 5.92 Å². The smallest absolute Gasteiger partial charge is 0.123 e. The van der Waals surface area contributed by atoms with E-state index in [0.717, 1.165) is 22.6 Å². The van der Waals surface area contributed by atoms with Crippen LogP contribution in [0.4, 0.5) is 0 Å². The number of ether oxygens (including phenoxy) is 2. The van der Waals surface area contributed by atoms with Crippen molar-refractivity contribution in [3.63, 3.8) is 0 Å². The lowest BCUT2D eigenvalue weighted by atomic mass is 9.96. The molecule has 1 atom stereocenters. The zero-order valence-electron chi connectivity index (χ0n) is 13.3. The molecule has 0 aliphatic heterocycles. The lowest BCUT2D eigenvalue weighted by molar-refractivity contribution is 0.302. The summed E-state index contributed by atoms with van der Waals surface area (Å²) in [4.78, 5) is 0. The molecular weight excluding hydrogens is 274 g/mol. The second-order valence-corrected chi connectivity index (χ2v) is 5.26. The molecule has 3 nitrogen and oxygen atoms in total. The summed E-state index contributed by atoms with van der Waals surface area (Å²) in [5.74, 6) is 1.40. The zero-order chi connectivity index (χ0) is 15.9. The highest BCUT2D eigenvalue weighted by Crippen LogP contribution is 2.29. The minimum absolute atomic E-state index is 0.235. The third-order valence-electron chi connectivity index (χ3n) is 3.89. The molecular formula is C19H21NO2. The first-order valence-corrected chi connectivity index (χ1v) is 7.39. The number of nitrogens with zero attached hydrogens (tertiary/aromatic N) is 1. The molecule has 2 aromatic rings. The van der Waals surface area contributed by atoms with Crippen molar-refractivity contribution in [2.45, 2.75) is 26.2 Å². The summed E-state index contributed by atoms with van der Waals surface area (Å²) in [6, 6.07) is 16.0. The molecule has 0 N–H and O–H groups in total. The van der Waals surface area contributed by atoms with Gasteiger partial charge < -0.3 is 9.47 Å². The largest absolute Gasteiger partial charge is 0.496 e. The first-order chi connectivity index (χ1) is 10.7. The maximum absolute atomic E-state index is 9.43. The quantitative estimate of drug-likeness (QED) is 0.793. The molecule has 3 heteroatoms. The van der Waals surface area contributed by atoms with Gasteiger partial charge in [0, 0.05) is 12.0 Å². The van der Waals surface area contributed by atoms with Gasteiger partial charge in [0.1, 0.15) is 11.5 Å². The minimum atomic E-state index is -0.235. The van der Waals surface area contributed by atoms with Crippen LogP contribution in [0.25, 0.3) is 0 Å². The summed E-state index contributed by atoms with van der Waals surface area (Å²) in [5, 5.41) is 9.43. The Balaban J connectivity index is 2.03. The average molecular weight is 295 g/mol. The van der Waals surface area contributed by atoms with E-state index in [9.17, 15) is 5.26 Å². The Morgan fingerprint density at radius 2 is 1.77 bits per heavy atom. The summed E-state index contributed by atoms with van der Waals surface area (Å²) in [5.41, 5.74) is 3.27. The van der Waals surface area contributed by atoms with Crippen molar-refractivity contribution >= 4 is 0 Å². The van der Waals surface area contributed by atoms with Gasteiger partial charge in [0.15, 0.2) is 0 Å². The molecule has 0 aromatic heterocycles. The highest BCUT2D eigenvalue weighted by Gasteiger charge is 2.15. The standard InChI is InChI=1S/C19H21NO2/c1-14-7-6-10-18(15(14)2)22-12-11-16(13-20)17-8-4-5-9-19(17)21-3/h4-10,16H,11-12H2,1-3H3. The van der Waals surface area contributed by atoms with Crippen molar-refractivity contribution in [1.82, 2.24) is 0 Å². The summed E-state index contributed by atoms with van der Waals surface area (Å²) >= 11 is 0. The Labute approximate surface area is 132 Å². The van der Waals surface area contributed by atoms with Crippen LogP contribution in [-0.4, -0.2) is 13.7 Å². The number of nitriles is 1. The fourth-order valence-corrected chi connectivity index (χ4v) is 2.41. The van der Waals surface area contributed by atoms with Gasteiger partial charge in [0.2, 0.25) is 0 Å². The summed E-state index contributed by atoms with van der Waals surface area (Å²) < 4.78 is 11.2. The van der Waals surface area contributed by atoms with Crippen molar-refractivity contribution < 1.29 is 9.47 Å². The van der Waals surface area contributed by atoms with E-state index < -0.39 is 0 Å². The molecule has 0 fully saturated rings. The van der Waals surface area contributed by atoms with E-state index in [4.69, 9.17) is 9.47 Å². The Morgan fingerprint density at radius 3 is 2.50 bits per heavy atom. The predicted octanol–water partition coefficient (Wildman–Crippen LogP) is 4.39. The Bertz CT molecular complexity index is 673. The molecule has 0 bridgehead atoms. The number of aryl methyl sites for hydroxylation is 1. The lowest BCUT2D eigenvalue weighted by Crippen LogP contribution is -2.06. The maximum atomic E-state index is 9.43. The van der Waals surface area contributed by atoms with E-state index in [1.54, 1.807) is 7.11 Å². The van der Waals surface area contributed by atoms with Crippen LogP contribution in [0.2, 0.25) is 0 Å². The second kappa shape index (κ2) is 7.51. The fraction of sp³-hybridized carbons (Fsp3) is 0.316. The van der Waals surface area contributed by atoms with E-state index in [0.29, 0.717) is 13.0 Å². The van der Waals surface area contributed by atoms with Gasteiger partial charge in [-0.3, -0.25) is 0 Å². The topological polar surface area (TPSA) is 42.2 Å². The summed E-state index contributed by atoms with van der Waals surface area (Å²) in [6.07, 6.45) is 0.629. The highest BCUT2D eigenvalue weighted by molar-refractivity contribution is 5.40. The van der Waals surface area contributed by atoms with Crippen LogP contribution in [0, 0.1) is 25.2 Å². The molecule has 1 unspecified atom stereocenters. The fourth-order valence-electron chi connectivity index (χ4n) is 2.41. The van der Waals surface area contributed by atoms with Crippen molar-refractivity contribution in [2.24, 2.45) is 0 Å². The van der Waals surface area contributed by atoms with E-state index in [1.807, 2.05) is 43.3 Å². The zero-order valence-corrected chi connectivity index (χ0v) is 13.3. The van der Waals surface area contributed by atoms with E-state index in [1.165, 1.54) is 5.56 Å². The first kappa shape index (κ1) is 15.9. The van der Waals surface area contributed by atoms with Crippen LogP contribution in [0.1, 0.15) is 29.0 Å². The SMILES string of the molecule is COc1ccccc1C(C#N)CCOc1cccc(C)c1C. The van der Waals surface area contributed by atoms with Gasteiger partial charge in [0.05, 0.1) is 25.7 Å². The molecule has 2 aromatic carbocycles. The molecule has 0 heterocycles. The number of hydrogen-bond acceptors (Lipinski definition) is 3. The predicted molar refractivity (Wildman–Crippen MR) is 87.4 cm³/mol. The minimum Gasteiger partial charge on any atom is -0.496 e. The van der Waals surface area contributed by atoms with Gasteiger partial charge in [-0.25, -0.2) is 0 Å². The van der Waals surface area contributed by atoms with Crippen molar-refractivity contribution in [2.75, 3.05) is 13.7 Å². The third-order valence-corrected chi connectivity index (χ3v) is 3.89. The number of methoxy groups -OCH3 is 1. The highest BCUT2D eigenvalue weighted by atomic mass is 16.5. The summed E-state index contributed by atoms with van der Waals surface area (Å²) in [6.45, 7) is 4.61. The monoisotopic (exact) mass is 295 g/mol. The van der Waals surface area contributed by atoms with Gasteiger partial charge in [-0.1, -0.05) is 30.3 Å². The summed E-state index contributed by atoms with van der Waals surface area (Å²) in [7, 11) is 1.62. The van der Waals surface area contributed by atoms with Crippen LogP contribution in [0.3, 0.4) is 0 Å².